The van der Waals surface area contributed by atoms with Crippen molar-refractivity contribution in [3.63, 3.8) is 0 Å². The third kappa shape index (κ3) is 2.99. The Balaban J connectivity index is 1.80. The summed E-state index contributed by atoms with van der Waals surface area (Å²) in [6, 6.07) is 27.1. The zero-order valence-electron chi connectivity index (χ0n) is 16.9. The van der Waals surface area contributed by atoms with Gasteiger partial charge in [-0.2, -0.15) is 0 Å². The zero-order chi connectivity index (χ0) is 19.9. The standard InChI is InChI=1S/C24H27O3P/c1-25-21-14-10-19(11-15-21)24(20-12-16-22(26-2)17-13-20)18-28(3,4,27-24)23-8-6-5-7-9-23/h5-17H,18H2,1-4H3. The van der Waals surface area contributed by atoms with Crippen LogP contribution in [-0.4, -0.2) is 33.7 Å². The molecule has 3 nitrogen and oxygen atoms in total. The van der Waals surface area contributed by atoms with Crippen molar-refractivity contribution in [3.8, 4) is 11.5 Å². The Hall–Kier alpha value is -2.35. The molecule has 4 heteroatoms. The molecule has 0 aliphatic carbocycles. The van der Waals surface area contributed by atoms with Gasteiger partial charge in [-0.05, 0) is 0 Å². The van der Waals surface area contributed by atoms with Crippen molar-refractivity contribution in [3.05, 3.63) is 90.0 Å². The van der Waals surface area contributed by atoms with Crippen molar-refractivity contribution in [2.24, 2.45) is 0 Å². The van der Waals surface area contributed by atoms with Crippen molar-refractivity contribution >= 4 is 12.1 Å². The Morgan fingerprint density at radius 2 is 1.14 bits per heavy atom. The number of methoxy groups -OCH3 is 2. The Labute approximate surface area is 167 Å². The molecule has 1 aliphatic rings. The van der Waals surface area contributed by atoms with E-state index in [0.717, 1.165) is 28.8 Å². The maximum atomic E-state index is 7.06. The number of benzene rings is 3. The molecule has 146 valence electrons. The first-order valence-corrected chi connectivity index (χ1v) is 12.7. The van der Waals surface area contributed by atoms with Crippen LogP contribution < -0.4 is 14.8 Å². The van der Waals surface area contributed by atoms with Crippen molar-refractivity contribution < 1.29 is 14.0 Å². The van der Waals surface area contributed by atoms with Crippen LogP contribution in [0, 0.1) is 0 Å². The molecule has 0 amide bonds. The summed E-state index contributed by atoms with van der Waals surface area (Å²) in [4.78, 5) is 0. The summed E-state index contributed by atoms with van der Waals surface area (Å²) in [5, 5.41) is 1.31. The van der Waals surface area contributed by atoms with E-state index >= 15 is 0 Å². The van der Waals surface area contributed by atoms with E-state index in [2.05, 4.69) is 67.9 Å². The van der Waals surface area contributed by atoms with Crippen LogP contribution in [-0.2, 0) is 10.1 Å². The molecule has 3 aromatic carbocycles. The van der Waals surface area contributed by atoms with E-state index in [1.165, 1.54) is 5.30 Å². The summed E-state index contributed by atoms with van der Waals surface area (Å²) in [5.41, 5.74) is 1.84. The van der Waals surface area contributed by atoms with E-state index in [1.54, 1.807) is 14.2 Å². The maximum absolute atomic E-state index is 7.06. The molecule has 4 rings (SSSR count). The fourth-order valence-corrected chi connectivity index (χ4v) is 8.60. The Morgan fingerprint density at radius 3 is 1.54 bits per heavy atom. The third-order valence-corrected chi connectivity index (χ3v) is 9.97. The van der Waals surface area contributed by atoms with Crippen LogP contribution in [0.5, 0.6) is 11.5 Å². The summed E-state index contributed by atoms with van der Waals surface area (Å²) in [5.74, 6) is 1.70. The van der Waals surface area contributed by atoms with Gasteiger partial charge in [0.15, 0.2) is 0 Å². The van der Waals surface area contributed by atoms with Crippen LogP contribution in [0.4, 0.5) is 0 Å². The number of ether oxygens (including phenoxy) is 2. The van der Waals surface area contributed by atoms with E-state index in [0.29, 0.717) is 0 Å². The molecule has 1 saturated heterocycles. The molecule has 0 unspecified atom stereocenters. The first kappa shape index (κ1) is 19.0. The number of rotatable bonds is 5. The van der Waals surface area contributed by atoms with E-state index in [9.17, 15) is 0 Å². The van der Waals surface area contributed by atoms with Gasteiger partial charge < -0.3 is 0 Å². The second-order valence-electron chi connectivity index (χ2n) is 8.14. The molecule has 0 N–H and O–H groups in total. The first-order valence-electron chi connectivity index (χ1n) is 9.45. The molecule has 1 aliphatic heterocycles. The Morgan fingerprint density at radius 1 is 0.714 bits per heavy atom. The van der Waals surface area contributed by atoms with Crippen molar-refractivity contribution in [2.45, 2.75) is 5.60 Å². The Bertz CT molecular complexity index is 903. The first-order chi connectivity index (χ1) is 13.4. The average molecular weight is 394 g/mol. The molecular formula is C24H27O3P. The summed E-state index contributed by atoms with van der Waals surface area (Å²) < 4.78 is 17.8. The van der Waals surface area contributed by atoms with Gasteiger partial charge >= 0.3 is 167 Å². The molecule has 1 heterocycles. The molecule has 0 saturated carbocycles. The second-order valence-corrected chi connectivity index (χ2v) is 13.7. The van der Waals surface area contributed by atoms with Gasteiger partial charge in [-0.1, -0.05) is 0 Å². The van der Waals surface area contributed by atoms with Crippen LogP contribution >= 0.6 is 6.83 Å². The molecule has 0 aromatic heterocycles. The van der Waals surface area contributed by atoms with Crippen LogP contribution in [0.1, 0.15) is 11.1 Å². The summed E-state index contributed by atoms with van der Waals surface area (Å²) >= 11 is 0. The third-order valence-electron chi connectivity index (χ3n) is 5.80. The van der Waals surface area contributed by atoms with Gasteiger partial charge in [-0.3, -0.25) is 0 Å². The van der Waals surface area contributed by atoms with Gasteiger partial charge in [-0.15, -0.1) is 0 Å². The fraction of sp³-hybridized carbons (Fsp3) is 0.250. The van der Waals surface area contributed by atoms with E-state index in [4.69, 9.17) is 14.0 Å². The van der Waals surface area contributed by atoms with Crippen LogP contribution in [0.25, 0.3) is 0 Å². The van der Waals surface area contributed by atoms with E-state index in [1.807, 2.05) is 24.3 Å². The summed E-state index contributed by atoms with van der Waals surface area (Å²) in [7, 11) is 3.38. The fourth-order valence-electron chi connectivity index (χ4n) is 4.35. The molecule has 0 atom stereocenters. The number of hydrogen-bond acceptors (Lipinski definition) is 3. The van der Waals surface area contributed by atoms with Crippen LogP contribution in [0.2, 0.25) is 0 Å². The van der Waals surface area contributed by atoms with E-state index in [-0.39, 0.29) is 0 Å². The van der Waals surface area contributed by atoms with Crippen molar-refractivity contribution in [2.75, 3.05) is 33.7 Å². The molecule has 0 bridgehead atoms. The van der Waals surface area contributed by atoms with Gasteiger partial charge in [0.25, 0.3) is 0 Å². The predicted molar refractivity (Wildman–Crippen MR) is 118 cm³/mol. The van der Waals surface area contributed by atoms with Gasteiger partial charge in [0.2, 0.25) is 0 Å². The van der Waals surface area contributed by atoms with Gasteiger partial charge in [0.05, 0.1) is 0 Å². The predicted octanol–water partition coefficient (Wildman–Crippen LogP) is 5.03. The van der Waals surface area contributed by atoms with E-state index < -0.39 is 12.4 Å². The van der Waals surface area contributed by atoms with Crippen LogP contribution in [0.3, 0.4) is 0 Å². The average Bonchev–Trinajstić information content (AvgIpc) is 2.73. The second kappa shape index (κ2) is 6.62. The summed E-state index contributed by atoms with van der Waals surface area (Å²) in [6.07, 6.45) is 0.960. The summed E-state index contributed by atoms with van der Waals surface area (Å²) in [6.45, 7) is 2.15. The van der Waals surface area contributed by atoms with Gasteiger partial charge in [0, 0.05) is 0 Å². The van der Waals surface area contributed by atoms with Crippen LogP contribution in [0.15, 0.2) is 78.9 Å². The molecule has 0 spiro atoms. The topological polar surface area (TPSA) is 27.7 Å². The van der Waals surface area contributed by atoms with Gasteiger partial charge in [0.1, 0.15) is 0 Å². The van der Waals surface area contributed by atoms with Gasteiger partial charge in [-0.25, -0.2) is 0 Å². The molecule has 0 radical (unpaired) electrons. The molecule has 3 aromatic rings. The normalized spacial score (nSPS) is 20.2. The molecule has 28 heavy (non-hydrogen) atoms. The number of hydrogen-bond donors (Lipinski definition) is 0. The zero-order valence-corrected chi connectivity index (χ0v) is 17.8. The minimum atomic E-state index is -2.47. The monoisotopic (exact) mass is 394 g/mol. The molecule has 1 fully saturated rings. The van der Waals surface area contributed by atoms with Crippen molar-refractivity contribution in [1.82, 2.24) is 0 Å². The van der Waals surface area contributed by atoms with Crippen molar-refractivity contribution in [1.29, 1.82) is 0 Å². The SMILES string of the molecule is COc1ccc(C2(c3ccc(OC)cc3)CP(C)(C)(c3ccccc3)O2)cc1. The quantitative estimate of drug-likeness (QED) is 0.568. The molecular weight excluding hydrogens is 367 g/mol. The Kier molecular flexibility index (Phi) is 4.49. The minimum absolute atomic E-state index is 0.463.